The van der Waals surface area contributed by atoms with Crippen LogP contribution in [0.4, 0.5) is 11.4 Å². The van der Waals surface area contributed by atoms with Gasteiger partial charge in [-0.15, -0.1) is 0 Å². The Morgan fingerprint density at radius 3 is 2.24 bits per heavy atom. The Morgan fingerprint density at radius 1 is 1.00 bits per heavy atom. The van der Waals surface area contributed by atoms with Crippen molar-refractivity contribution in [3.8, 4) is 11.5 Å². The van der Waals surface area contributed by atoms with E-state index in [-0.39, 0.29) is 34.8 Å². The first-order valence-electron chi connectivity index (χ1n) is 13.0. The molecular formula is C29H34N4O8S. The van der Waals surface area contributed by atoms with Crippen LogP contribution in [0, 0.1) is 17.0 Å². The molecule has 0 spiro atoms. The fraction of sp³-hybridized carbons (Fsp3) is 0.310. The Morgan fingerprint density at radius 2 is 1.67 bits per heavy atom. The van der Waals surface area contributed by atoms with Gasteiger partial charge in [0.2, 0.25) is 11.8 Å². The quantitative estimate of drug-likeness (QED) is 0.231. The van der Waals surface area contributed by atoms with E-state index in [9.17, 15) is 28.1 Å². The van der Waals surface area contributed by atoms with Gasteiger partial charge in [0, 0.05) is 25.2 Å². The van der Waals surface area contributed by atoms with Crippen LogP contribution in [0.1, 0.15) is 24.5 Å². The Kier molecular flexibility index (Phi) is 10.5. The minimum atomic E-state index is -4.50. The number of ether oxygens (including phenoxy) is 2. The van der Waals surface area contributed by atoms with Gasteiger partial charge in [0.25, 0.3) is 15.7 Å². The van der Waals surface area contributed by atoms with Crippen molar-refractivity contribution in [3.05, 3.63) is 88.0 Å². The second kappa shape index (κ2) is 13.8. The van der Waals surface area contributed by atoms with Crippen molar-refractivity contribution in [2.24, 2.45) is 0 Å². The minimum Gasteiger partial charge on any atom is -0.497 e. The maximum absolute atomic E-state index is 14.0. The van der Waals surface area contributed by atoms with Crippen molar-refractivity contribution >= 4 is 33.2 Å². The molecule has 0 aliphatic carbocycles. The number of amides is 2. The molecule has 3 aromatic carbocycles. The van der Waals surface area contributed by atoms with Crippen LogP contribution in [0.25, 0.3) is 0 Å². The zero-order valence-corrected chi connectivity index (χ0v) is 24.9. The topological polar surface area (TPSA) is 148 Å². The summed E-state index contributed by atoms with van der Waals surface area (Å²) in [6.07, 6.45) is 0.259. The number of nitro benzene ring substituents is 1. The van der Waals surface area contributed by atoms with Crippen LogP contribution in [0.3, 0.4) is 0 Å². The van der Waals surface area contributed by atoms with Crippen LogP contribution in [-0.2, 0) is 26.2 Å². The normalized spacial score (nSPS) is 11.7. The van der Waals surface area contributed by atoms with Crippen molar-refractivity contribution in [3.63, 3.8) is 0 Å². The van der Waals surface area contributed by atoms with Gasteiger partial charge < -0.3 is 19.7 Å². The lowest BCUT2D eigenvalue weighted by Gasteiger charge is -2.33. The predicted octanol–water partition coefficient (Wildman–Crippen LogP) is 3.67. The van der Waals surface area contributed by atoms with E-state index in [0.29, 0.717) is 17.1 Å². The maximum atomic E-state index is 14.0. The number of nitrogens with one attached hydrogen (secondary N) is 1. The molecule has 0 unspecified atom stereocenters. The smallest absolute Gasteiger partial charge is 0.273 e. The number of benzene rings is 3. The second-order valence-corrected chi connectivity index (χ2v) is 11.2. The number of sulfonamides is 1. The zero-order chi connectivity index (χ0) is 31.0. The molecule has 0 heterocycles. The summed E-state index contributed by atoms with van der Waals surface area (Å²) in [7, 11) is -0.0755. The number of likely N-dealkylation sites (N-methyl/N-ethyl adjacent to an activating group) is 1. The molecule has 1 N–H and O–H groups in total. The standard InChI is InChI=1S/C29H34N4O8S/c1-6-26(29(35)30-3)31(18-21-8-7-9-24(16-21)41-5)28(34)19-32(22-11-13-23(40-4)14-12-22)42(38,39)25-15-10-20(2)27(17-25)33(36)37/h7-17,26H,6,18-19H2,1-5H3,(H,30,35)/t26-/m0/s1. The molecule has 0 bridgehead atoms. The average molecular weight is 599 g/mol. The van der Waals surface area contributed by atoms with Gasteiger partial charge in [-0.3, -0.25) is 24.0 Å². The Balaban J connectivity index is 2.12. The summed E-state index contributed by atoms with van der Waals surface area (Å²) in [4.78, 5) is 38.7. The van der Waals surface area contributed by atoms with Gasteiger partial charge in [0.15, 0.2) is 0 Å². The third-order valence-corrected chi connectivity index (χ3v) is 8.49. The molecule has 12 nitrogen and oxygen atoms in total. The van der Waals surface area contributed by atoms with E-state index in [1.807, 2.05) is 0 Å². The van der Waals surface area contributed by atoms with Gasteiger partial charge in [-0.25, -0.2) is 8.42 Å². The highest BCUT2D eigenvalue weighted by atomic mass is 32.2. The Hall–Kier alpha value is -4.65. The van der Waals surface area contributed by atoms with E-state index < -0.39 is 39.3 Å². The first-order valence-corrected chi connectivity index (χ1v) is 14.5. The van der Waals surface area contributed by atoms with E-state index >= 15 is 0 Å². The summed E-state index contributed by atoms with van der Waals surface area (Å²) < 4.78 is 39.4. The monoisotopic (exact) mass is 598 g/mol. The number of carbonyl (C=O) groups is 2. The van der Waals surface area contributed by atoms with Crippen molar-refractivity contribution in [1.29, 1.82) is 0 Å². The van der Waals surface area contributed by atoms with E-state index in [1.165, 1.54) is 69.5 Å². The van der Waals surface area contributed by atoms with Crippen LogP contribution in [0.2, 0.25) is 0 Å². The van der Waals surface area contributed by atoms with E-state index in [0.717, 1.165) is 10.4 Å². The molecule has 0 saturated carbocycles. The van der Waals surface area contributed by atoms with E-state index in [2.05, 4.69) is 5.32 Å². The number of methoxy groups -OCH3 is 2. The Bertz CT molecular complexity index is 1540. The molecule has 13 heteroatoms. The number of aryl methyl sites for hydroxylation is 1. The van der Waals surface area contributed by atoms with Crippen LogP contribution in [0.15, 0.2) is 71.6 Å². The third kappa shape index (κ3) is 7.16. The SMILES string of the molecule is CC[C@@H](C(=O)NC)N(Cc1cccc(OC)c1)C(=O)CN(c1ccc(OC)cc1)S(=O)(=O)c1ccc(C)c([N+](=O)[O-])c1. The molecule has 0 saturated heterocycles. The lowest BCUT2D eigenvalue weighted by Crippen LogP contribution is -2.51. The zero-order valence-electron chi connectivity index (χ0n) is 24.1. The number of nitrogens with zero attached hydrogens (tertiary/aromatic N) is 3. The predicted molar refractivity (Wildman–Crippen MR) is 157 cm³/mol. The molecular weight excluding hydrogens is 564 g/mol. The van der Waals surface area contributed by atoms with Crippen LogP contribution in [0.5, 0.6) is 11.5 Å². The first-order chi connectivity index (χ1) is 20.0. The lowest BCUT2D eigenvalue weighted by atomic mass is 10.1. The van der Waals surface area contributed by atoms with Gasteiger partial charge >= 0.3 is 0 Å². The molecule has 3 aromatic rings. The fourth-order valence-corrected chi connectivity index (χ4v) is 5.84. The number of rotatable bonds is 13. The number of anilines is 1. The number of carbonyl (C=O) groups excluding carboxylic acids is 2. The van der Waals surface area contributed by atoms with Gasteiger partial charge in [-0.2, -0.15) is 0 Å². The highest BCUT2D eigenvalue weighted by Crippen LogP contribution is 2.29. The number of hydrogen-bond acceptors (Lipinski definition) is 8. The molecule has 0 aliphatic heterocycles. The van der Waals surface area contributed by atoms with Gasteiger partial charge in [0.05, 0.1) is 29.7 Å². The fourth-order valence-electron chi connectivity index (χ4n) is 4.40. The van der Waals surface area contributed by atoms with Crippen molar-refractivity contribution in [2.75, 3.05) is 32.1 Å². The molecule has 42 heavy (non-hydrogen) atoms. The van der Waals surface area contributed by atoms with Crippen molar-refractivity contribution in [2.45, 2.75) is 37.8 Å². The molecule has 1 atom stereocenters. The van der Waals surface area contributed by atoms with Crippen LogP contribution >= 0.6 is 0 Å². The van der Waals surface area contributed by atoms with E-state index in [1.54, 1.807) is 31.2 Å². The minimum absolute atomic E-state index is 0.00549. The molecule has 0 fully saturated rings. The summed E-state index contributed by atoms with van der Waals surface area (Å²) in [5.41, 5.74) is 0.703. The van der Waals surface area contributed by atoms with Crippen LogP contribution in [-0.4, -0.2) is 63.9 Å². The summed E-state index contributed by atoms with van der Waals surface area (Å²) in [6.45, 7) is 2.55. The van der Waals surface area contributed by atoms with Crippen molar-refractivity contribution < 1.29 is 32.4 Å². The summed E-state index contributed by atoms with van der Waals surface area (Å²) in [6, 6.07) is 15.6. The molecule has 0 aromatic heterocycles. The van der Waals surface area contributed by atoms with Crippen molar-refractivity contribution in [1.82, 2.24) is 10.2 Å². The van der Waals surface area contributed by atoms with Crippen LogP contribution < -0.4 is 19.1 Å². The third-order valence-electron chi connectivity index (χ3n) is 6.72. The lowest BCUT2D eigenvalue weighted by molar-refractivity contribution is -0.385. The van der Waals surface area contributed by atoms with Gasteiger partial charge in [-0.1, -0.05) is 25.1 Å². The largest absolute Gasteiger partial charge is 0.497 e. The summed E-state index contributed by atoms with van der Waals surface area (Å²) >= 11 is 0. The second-order valence-electron chi connectivity index (χ2n) is 9.33. The molecule has 3 rings (SSSR count). The molecule has 224 valence electrons. The highest BCUT2D eigenvalue weighted by Gasteiger charge is 2.34. The molecule has 2 amide bonds. The maximum Gasteiger partial charge on any atom is 0.273 e. The first kappa shape index (κ1) is 31.9. The Labute approximate surface area is 245 Å². The summed E-state index contributed by atoms with van der Waals surface area (Å²) in [5.74, 6) is -0.0639. The van der Waals surface area contributed by atoms with Gasteiger partial charge in [-0.05, 0) is 61.4 Å². The highest BCUT2D eigenvalue weighted by molar-refractivity contribution is 7.92. The average Bonchev–Trinajstić information content (AvgIpc) is 2.99. The molecule has 0 radical (unpaired) electrons. The summed E-state index contributed by atoms with van der Waals surface area (Å²) in [5, 5.41) is 14.1. The molecule has 0 aliphatic rings. The van der Waals surface area contributed by atoms with E-state index in [4.69, 9.17) is 9.47 Å². The number of hydrogen-bond donors (Lipinski definition) is 1. The van der Waals surface area contributed by atoms with Gasteiger partial charge in [0.1, 0.15) is 24.1 Å². The number of nitro groups is 1.